The summed E-state index contributed by atoms with van der Waals surface area (Å²) >= 11 is 0. The molecule has 0 aromatic heterocycles. The van der Waals surface area contributed by atoms with Gasteiger partial charge in [0, 0.05) is 40.5 Å². The summed E-state index contributed by atoms with van der Waals surface area (Å²) in [6, 6.07) is 8.77. The van der Waals surface area contributed by atoms with Gasteiger partial charge in [-0.1, -0.05) is 24.3 Å². The lowest BCUT2D eigenvalue weighted by atomic mass is 10.0. The number of allylic oxidation sites excluding steroid dienone is 2. The van der Waals surface area contributed by atoms with Crippen molar-refractivity contribution in [2.24, 2.45) is 0 Å². The lowest BCUT2D eigenvalue weighted by Crippen LogP contribution is -2.34. The molecular weight excluding hydrogens is 408 g/mol. The van der Waals surface area contributed by atoms with Crippen LogP contribution in [0.4, 0.5) is 0 Å². The number of ether oxygens (including phenoxy) is 4. The third kappa shape index (κ3) is 7.74. The predicted octanol–water partition coefficient (Wildman–Crippen LogP) is 5.50. The molecule has 0 amide bonds. The smallest absolute Gasteiger partial charge is 0.337 e. The van der Waals surface area contributed by atoms with Crippen LogP contribution in [-0.4, -0.2) is 23.5 Å². The zero-order chi connectivity index (χ0) is 23.2. The number of unbranched alkanes of at least 4 members (excludes halogenated alkanes) is 2. The maximum atomic E-state index is 11.6. The molecule has 1 aromatic carbocycles. The van der Waals surface area contributed by atoms with Gasteiger partial charge in [0.15, 0.2) is 0 Å². The number of hydrogen-bond donors (Lipinski definition) is 0. The van der Waals surface area contributed by atoms with Gasteiger partial charge >= 0.3 is 11.9 Å². The van der Waals surface area contributed by atoms with Gasteiger partial charge in [-0.25, -0.2) is 9.59 Å². The van der Waals surface area contributed by atoms with Crippen LogP contribution in [0.5, 0.6) is 0 Å². The van der Waals surface area contributed by atoms with E-state index in [4.69, 9.17) is 18.9 Å². The molecule has 2 heterocycles. The van der Waals surface area contributed by atoms with Crippen molar-refractivity contribution < 1.29 is 28.5 Å². The summed E-state index contributed by atoms with van der Waals surface area (Å²) in [5.41, 5.74) is 2.63. The van der Waals surface area contributed by atoms with Crippen molar-refractivity contribution >= 4 is 11.9 Å². The highest BCUT2D eigenvalue weighted by Gasteiger charge is 2.30. The number of rotatable bonds is 10. The maximum Gasteiger partial charge on any atom is 0.337 e. The fourth-order valence-electron chi connectivity index (χ4n) is 3.91. The Morgan fingerprint density at radius 1 is 0.562 bits per heavy atom. The molecule has 3 rings (SSSR count). The summed E-state index contributed by atoms with van der Waals surface area (Å²) in [7, 11) is 0. The molecule has 0 unspecified atom stereocenters. The molecule has 1 aromatic rings. The molecule has 0 aliphatic carbocycles. The Morgan fingerprint density at radius 2 is 0.906 bits per heavy atom. The third-order valence-corrected chi connectivity index (χ3v) is 5.30. The number of esters is 2. The average molecular weight is 443 g/mol. The second-order valence-electron chi connectivity index (χ2n) is 9.30. The summed E-state index contributed by atoms with van der Waals surface area (Å²) in [5.74, 6) is -1.00. The van der Waals surface area contributed by atoms with Gasteiger partial charge in [-0.05, 0) is 49.7 Å². The number of hydrogen-bond acceptors (Lipinski definition) is 6. The van der Waals surface area contributed by atoms with E-state index in [1.54, 1.807) is 27.7 Å². The molecule has 0 saturated carbocycles. The highest BCUT2D eigenvalue weighted by atomic mass is 16.7. The standard InChI is InChI=1S/C26H34O6/c1-25(2)29-21(17-23(27)31-25)11-7-5-9-19-13-15-20(16-14-19)10-6-8-12-22-18-24(28)32-26(3,4)30-22/h13-18H,5-12H2,1-4H3. The monoisotopic (exact) mass is 442 g/mol. The molecule has 0 radical (unpaired) electrons. The van der Waals surface area contributed by atoms with Crippen molar-refractivity contribution in [3.05, 3.63) is 59.1 Å². The Morgan fingerprint density at radius 3 is 1.25 bits per heavy atom. The quantitative estimate of drug-likeness (QED) is 0.352. The molecule has 174 valence electrons. The molecule has 2 aliphatic rings. The van der Waals surface area contributed by atoms with E-state index in [1.165, 1.54) is 23.3 Å². The number of carbonyl (C=O) groups is 2. The molecular formula is C26H34O6. The van der Waals surface area contributed by atoms with Gasteiger partial charge in [0.05, 0.1) is 12.2 Å². The molecule has 6 heteroatoms. The van der Waals surface area contributed by atoms with E-state index >= 15 is 0 Å². The minimum Gasteiger partial charge on any atom is -0.457 e. The molecule has 0 N–H and O–H groups in total. The van der Waals surface area contributed by atoms with Crippen molar-refractivity contribution in [1.82, 2.24) is 0 Å². The van der Waals surface area contributed by atoms with Crippen LogP contribution >= 0.6 is 0 Å². The SMILES string of the molecule is CC1(C)OC(=O)C=C(CCCCc2ccc(CCCCC3=CC(=O)OC(C)(C)O3)cc2)O1. The largest absolute Gasteiger partial charge is 0.457 e. The van der Waals surface area contributed by atoms with Crippen molar-refractivity contribution in [2.45, 2.75) is 90.6 Å². The minimum absolute atomic E-state index is 0.332. The Bertz CT molecular complexity index is 803. The summed E-state index contributed by atoms with van der Waals surface area (Å²) in [6.07, 6.45) is 10.4. The van der Waals surface area contributed by atoms with Gasteiger partial charge in [0.25, 0.3) is 0 Å². The summed E-state index contributed by atoms with van der Waals surface area (Å²) in [6.45, 7) is 6.99. The lowest BCUT2D eigenvalue weighted by Gasteiger charge is -2.30. The molecule has 2 aliphatic heterocycles. The zero-order valence-corrected chi connectivity index (χ0v) is 19.6. The van der Waals surface area contributed by atoms with Crippen molar-refractivity contribution in [3.8, 4) is 0 Å². The third-order valence-electron chi connectivity index (χ3n) is 5.30. The van der Waals surface area contributed by atoms with Gasteiger partial charge in [-0.3, -0.25) is 0 Å². The van der Waals surface area contributed by atoms with Gasteiger partial charge in [0.2, 0.25) is 11.6 Å². The Kier molecular flexibility index (Phi) is 7.64. The first kappa shape index (κ1) is 23.9. The van der Waals surface area contributed by atoms with E-state index in [1.807, 2.05) is 0 Å². The molecule has 32 heavy (non-hydrogen) atoms. The van der Waals surface area contributed by atoms with Gasteiger partial charge in [0.1, 0.15) is 11.5 Å². The van der Waals surface area contributed by atoms with E-state index < -0.39 is 11.6 Å². The van der Waals surface area contributed by atoms with Crippen LogP contribution in [0.2, 0.25) is 0 Å². The Labute approximate surface area is 190 Å². The first-order chi connectivity index (χ1) is 15.1. The molecule has 0 fully saturated rings. The second-order valence-corrected chi connectivity index (χ2v) is 9.30. The average Bonchev–Trinajstić information content (AvgIpc) is 2.66. The maximum absolute atomic E-state index is 11.6. The van der Waals surface area contributed by atoms with E-state index in [9.17, 15) is 9.59 Å². The number of benzene rings is 1. The Balaban J connectivity index is 1.33. The lowest BCUT2D eigenvalue weighted by molar-refractivity contribution is -0.207. The fourth-order valence-corrected chi connectivity index (χ4v) is 3.91. The van der Waals surface area contributed by atoms with E-state index in [0.717, 1.165) is 51.4 Å². The van der Waals surface area contributed by atoms with Gasteiger partial charge < -0.3 is 18.9 Å². The topological polar surface area (TPSA) is 71.1 Å². The van der Waals surface area contributed by atoms with Gasteiger partial charge in [-0.2, -0.15) is 0 Å². The first-order valence-corrected chi connectivity index (χ1v) is 11.4. The Hall–Kier alpha value is -2.76. The number of aryl methyl sites for hydroxylation is 2. The molecule has 0 atom stereocenters. The highest BCUT2D eigenvalue weighted by molar-refractivity contribution is 5.83. The highest BCUT2D eigenvalue weighted by Crippen LogP contribution is 2.26. The van der Waals surface area contributed by atoms with Crippen LogP contribution in [-0.2, 0) is 41.4 Å². The van der Waals surface area contributed by atoms with Crippen LogP contribution < -0.4 is 0 Å². The number of cyclic esters (lactones) is 2. The van der Waals surface area contributed by atoms with Crippen LogP contribution in [0.1, 0.15) is 77.3 Å². The molecule has 0 saturated heterocycles. The van der Waals surface area contributed by atoms with Crippen LogP contribution in [0, 0.1) is 0 Å². The van der Waals surface area contributed by atoms with Gasteiger partial charge in [-0.15, -0.1) is 0 Å². The van der Waals surface area contributed by atoms with Crippen molar-refractivity contribution in [2.75, 3.05) is 0 Å². The van der Waals surface area contributed by atoms with Crippen LogP contribution in [0.15, 0.2) is 47.9 Å². The van der Waals surface area contributed by atoms with Crippen molar-refractivity contribution in [3.63, 3.8) is 0 Å². The first-order valence-electron chi connectivity index (χ1n) is 11.4. The summed E-state index contributed by atoms with van der Waals surface area (Å²) < 4.78 is 21.6. The molecule has 0 bridgehead atoms. The minimum atomic E-state index is -0.875. The second kappa shape index (κ2) is 10.2. The van der Waals surface area contributed by atoms with E-state index in [2.05, 4.69) is 24.3 Å². The predicted molar refractivity (Wildman–Crippen MR) is 120 cm³/mol. The molecule has 6 nitrogen and oxygen atoms in total. The van der Waals surface area contributed by atoms with Crippen molar-refractivity contribution in [1.29, 1.82) is 0 Å². The molecule has 0 spiro atoms. The van der Waals surface area contributed by atoms with Crippen LogP contribution in [0.25, 0.3) is 0 Å². The van der Waals surface area contributed by atoms with Crippen LogP contribution in [0.3, 0.4) is 0 Å². The normalized spacial score (nSPS) is 19.1. The summed E-state index contributed by atoms with van der Waals surface area (Å²) in [5, 5.41) is 0. The zero-order valence-electron chi connectivity index (χ0n) is 19.6. The summed E-state index contributed by atoms with van der Waals surface area (Å²) in [4.78, 5) is 23.2. The van der Waals surface area contributed by atoms with E-state index in [-0.39, 0.29) is 11.9 Å². The fraction of sp³-hybridized carbons (Fsp3) is 0.538. The number of carbonyl (C=O) groups excluding carboxylic acids is 2. The van der Waals surface area contributed by atoms with E-state index in [0.29, 0.717) is 11.5 Å².